The van der Waals surface area contributed by atoms with Crippen LogP contribution in [-0.4, -0.2) is 21.2 Å². The molecule has 1 atom stereocenters. The van der Waals surface area contributed by atoms with Crippen LogP contribution in [0.2, 0.25) is 0 Å². The quantitative estimate of drug-likeness (QED) is 0.885. The van der Waals surface area contributed by atoms with Crippen molar-refractivity contribution in [3.63, 3.8) is 0 Å². The predicted octanol–water partition coefficient (Wildman–Crippen LogP) is 1.47. The number of imidazole rings is 1. The van der Waals surface area contributed by atoms with Crippen LogP contribution in [0.3, 0.4) is 0 Å². The number of carbonyl (C=O) groups excluding carboxylic acids is 2. The van der Waals surface area contributed by atoms with Gasteiger partial charge in [0.1, 0.15) is 5.37 Å². The van der Waals surface area contributed by atoms with E-state index >= 15 is 0 Å². The number of thioether (sulfide) groups is 1. The van der Waals surface area contributed by atoms with Crippen LogP contribution >= 0.6 is 11.8 Å². The zero-order valence-corrected chi connectivity index (χ0v) is 10.1. The molecule has 0 saturated heterocycles. The van der Waals surface area contributed by atoms with Gasteiger partial charge in [-0.25, -0.2) is 4.98 Å². The number of nitrogens with zero attached hydrogens (tertiary/aromatic N) is 2. The Balaban J connectivity index is 2.04. The number of ketones is 1. The highest BCUT2D eigenvalue weighted by atomic mass is 32.2. The second-order valence-corrected chi connectivity index (χ2v) is 4.98. The lowest BCUT2D eigenvalue weighted by molar-refractivity contribution is 0.0959. The molecule has 2 aromatic rings. The van der Waals surface area contributed by atoms with Gasteiger partial charge in [0.2, 0.25) is 0 Å². The van der Waals surface area contributed by atoms with Gasteiger partial charge in [0.15, 0.2) is 11.6 Å². The molecule has 0 radical (unpaired) electrons. The summed E-state index contributed by atoms with van der Waals surface area (Å²) < 4.78 is 1.52. The third-order valence-electron chi connectivity index (χ3n) is 2.76. The van der Waals surface area contributed by atoms with Crippen molar-refractivity contribution in [3.8, 4) is 0 Å². The summed E-state index contributed by atoms with van der Waals surface area (Å²) in [6.07, 6.45) is 3.07. The second-order valence-electron chi connectivity index (χ2n) is 3.85. The highest BCUT2D eigenvalue weighted by molar-refractivity contribution is 8.00. The minimum Gasteiger partial charge on any atom is -0.363 e. The van der Waals surface area contributed by atoms with Crippen molar-refractivity contribution in [1.29, 1.82) is 0 Å². The Morgan fingerprint density at radius 3 is 2.89 bits per heavy atom. The van der Waals surface area contributed by atoms with E-state index in [1.165, 1.54) is 22.5 Å². The van der Waals surface area contributed by atoms with E-state index in [0.29, 0.717) is 5.56 Å². The zero-order valence-electron chi connectivity index (χ0n) is 9.24. The van der Waals surface area contributed by atoms with Crippen molar-refractivity contribution in [2.45, 2.75) is 10.3 Å². The third-order valence-corrected chi connectivity index (χ3v) is 4.03. The van der Waals surface area contributed by atoms with Gasteiger partial charge in [0.25, 0.3) is 5.91 Å². The van der Waals surface area contributed by atoms with E-state index in [9.17, 15) is 9.59 Å². The summed E-state index contributed by atoms with van der Waals surface area (Å²) >= 11 is 1.40. The maximum atomic E-state index is 12.2. The maximum absolute atomic E-state index is 12.2. The van der Waals surface area contributed by atoms with E-state index < -0.39 is 11.3 Å². The Hall–Kier alpha value is -2.08. The SMILES string of the molecule is NC(=O)c1nccn1C1Sc2ccccc2C1=O. The van der Waals surface area contributed by atoms with Crippen molar-refractivity contribution in [3.05, 3.63) is 48.0 Å². The fourth-order valence-corrected chi connectivity index (χ4v) is 3.17. The molecule has 1 amide bonds. The second kappa shape index (κ2) is 3.99. The monoisotopic (exact) mass is 259 g/mol. The average molecular weight is 259 g/mol. The minimum atomic E-state index is -0.635. The molecule has 1 aromatic heterocycles. The Morgan fingerprint density at radius 2 is 2.17 bits per heavy atom. The van der Waals surface area contributed by atoms with Gasteiger partial charge >= 0.3 is 0 Å². The van der Waals surface area contributed by atoms with Crippen LogP contribution in [0.1, 0.15) is 26.4 Å². The van der Waals surface area contributed by atoms with Gasteiger partial charge in [0, 0.05) is 22.9 Å². The van der Waals surface area contributed by atoms with Gasteiger partial charge < -0.3 is 10.3 Å². The average Bonchev–Trinajstić information content (AvgIpc) is 2.94. The molecule has 1 aliphatic rings. The Morgan fingerprint density at radius 1 is 1.39 bits per heavy atom. The number of primary amides is 1. The molecule has 0 saturated carbocycles. The fourth-order valence-electron chi connectivity index (χ4n) is 1.96. The molecule has 0 aliphatic carbocycles. The number of benzene rings is 1. The van der Waals surface area contributed by atoms with Crippen LogP contribution in [0, 0.1) is 0 Å². The molecule has 90 valence electrons. The van der Waals surface area contributed by atoms with Crippen molar-refractivity contribution in [2.24, 2.45) is 5.73 Å². The molecule has 3 rings (SSSR count). The summed E-state index contributed by atoms with van der Waals surface area (Å²) in [5.74, 6) is -0.561. The minimum absolute atomic E-state index is 0.0314. The first-order valence-corrected chi connectivity index (χ1v) is 6.19. The lowest BCUT2D eigenvalue weighted by atomic mass is 10.1. The van der Waals surface area contributed by atoms with Crippen LogP contribution < -0.4 is 5.73 Å². The summed E-state index contributed by atoms with van der Waals surface area (Å²) in [5.41, 5.74) is 5.91. The van der Waals surface area contributed by atoms with E-state index in [0.717, 1.165) is 4.90 Å². The van der Waals surface area contributed by atoms with Crippen LogP contribution in [0.4, 0.5) is 0 Å². The Labute approximate surface area is 107 Å². The first kappa shape index (κ1) is 11.0. The predicted molar refractivity (Wildman–Crippen MR) is 66.4 cm³/mol. The number of Topliss-reactive ketones (excluding diaryl/α,β-unsaturated/α-hetero) is 1. The number of hydrogen-bond donors (Lipinski definition) is 1. The van der Waals surface area contributed by atoms with Crippen molar-refractivity contribution in [2.75, 3.05) is 0 Å². The number of nitrogens with two attached hydrogens (primary N) is 1. The van der Waals surface area contributed by atoms with E-state index in [-0.39, 0.29) is 11.6 Å². The van der Waals surface area contributed by atoms with E-state index in [1.807, 2.05) is 18.2 Å². The first-order valence-electron chi connectivity index (χ1n) is 5.31. The molecule has 2 heterocycles. The smallest absolute Gasteiger partial charge is 0.284 e. The summed E-state index contributed by atoms with van der Waals surface area (Å²) in [6.45, 7) is 0. The summed E-state index contributed by atoms with van der Waals surface area (Å²) in [7, 11) is 0. The van der Waals surface area contributed by atoms with Gasteiger partial charge in [-0.1, -0.05) is 30.0 Å². The van der Waals surface area contributed by atoms with E-state index in [2.05, 4.69) is 4.98 Å². The molecular formula is C12H9N3O2S. The van der Waals surface area contributed by atoms with Gasteiger partial charge in [-0.15, -0.1) is 0 Å². The van der Waals surface area contributed by atoms with Gasteiger partial charge in [0.05, 0.1) is 0 Å². The van der Waals surface area contributed by atoms with Crippen LogP contribution in [0.25, 0.3) is 0 Å². The summed E-state index contributed by atoms with van der Waals surface area (Å²) in [6, 6.07) is 7.37. The molecule has 0 fully saturated rings. The van der Waals surface area contributed by atoms with E-state index in [1.54, 1.807) is 12.3 Å². The molecule has 1 unspecified atom stereocenters. The van der Waals surface area contributed by atoms with Crippen LogP contribution in [0.5, 0.6) is 0 Å². The number of fused-ring (bicyclic) bond motifs is 1. The van der Waals surface area contributed by atoms with Crippen molar-refractivity contribution >= 4 is 23.5 Å². The molecule has 6 heteroatoms. The largest absolute Gasteiger partial charge is 0.363 e. The Kier molecular flexibility index (Phi) is 2.45. The van der Waals surface area contributed by atoms with Crippen LogP contribution in [0.15, 0.2) is 41.6 Å². The van der Waals surface area contributed by atoms with Crippen molar-refractivity contribution in [1.82, 2.24) is 9.55 Å². The summed E-state index contributed by atoms with van der Waals surface area (Å²) in [4.78, 5) is 28.3. The number of hydrogen-bond acceptors (Lipinski definition) is 4. The van der Waals surface area contributed by atoms with Gasteiger partial charge in [-0.2, -0.15) is 0 Å². The topological polar surface area (TPSA) is 78.0 Å². The molecule has 18 heavy (non-hydrogen) atoms. The van der Waals surface area contributed by atoms with Crippen molar-refractivity contribution < 1.29 is 9.59 Å². The first-order chi connectivity index (χ1) is 8.68. The zero-order chi connectivity index (χ0) is 12.7. The summed E-state index contributed by atoms with van der Waals surface area (Å²) in [5, 5.41) is -0.493. The van der Waals surface area contributed by atoms with Gasteiger partial charge in [-0.3, -0.25) is 9.59 Å². The lowest BCUT2D eigenvalue weighted by Crippen LogP contribution is -2.22. The Bertz CT molecular complexity index is 650. The van der Waals surface area contributed by atoms with Gasteiger partial charge in [-0.05, 0) is 6.07 Å². The highest BCUT2D eigenvalue weighted by Crippen LogP contribution is 2.43. The molecule has 0 bridgehead atoms. The number of amides is 1. The normalized spacial score (nSPS) is 17.8. The molecular weight excluding hydrogens is 250 g/mol. The molecule has 1 aromatic carbocycles. The highest BCUT2D eigenvalue weighted by Gasteiger charge is 2.34. The number of rotatable bonds is 2. The number of carbonyl (C=O) groups is 2. The fraction of sp³-hybridized carbons (Fsp3) is 0.0833. The molecule has 0 spiro atoms. The van der Waals surface area contributed by atoms with Crippen LogP contribution in [-0.2, 0) is 0 Å². The van der Waals surface area contributed by atoms with E-state index in [4.69, 9.17) is 5.73 Å². The number of aromatic nitrogens is 2. The molecule has 2 N–H and O–H groups in total. The molecule has 1 aliphatic heterocycles. The molecule has 5 nitrogen and oxygen atoms in total. The third kappa shape index (κ3) is 1.53. The maximum Gasteiger partial charge on any atom is 0.284 e. The lowest BCUT2D eigenvalue weighted by Gasteiger charge is -2.11. The standard InChI is InChI=1S/C12H9N3O2S/c13-10(17)11-14-5-6-15(11)12-9(16)7-3-1-2-4-8(7)18-12/h1-6,12H,(H2,13,17).